The van der Waals surface area contributed by atoms with Gasteiger partial charge in [-0.1, -0.05) is 156 Å². The smallest absolute Gasteiger partial charge is 0.170 e. The zero-order chi connectivity index (χ0) is 59.2. The molecule has 0 saturated carbocycles. The predicted molar refractivity (Wildman–Crippen MR) is 388 cm³/mol. The van der Waals surface area contributed by atoms with Crippen LogP contribution in [0.4, 0.5) is 0 Å². The second-order valence-electron chi connectivity index (χ2n) is 23.9. The number of aryl methyl sites for hydroxylation is 4. The third kappa shape index (κ3) is 16.5. The quantitative estimate of drug-likeness (QED) is 0.0439. The van der Waals surface area contributed by atoms with E-state index >= 15 is 0 Å². The van der Waals surface area contributed by atoms with Crippen LogP contribution in [-0.4, -0.2) is 0 Å². The van der Waals surface area contributed by atoms with Gasteiger partial charge in [0.2, 0.25) is 0 Å². The van der Waals surface area contributed by atoms with Crippen molar-refractivity contribution < 1.29 is 17.7 Å². The van der Waals surface area contributed by atoms with Crippen molar-refractivity contribution in [1.29, 1.82) is 0 Å². The highest BCUT2D eigenvalue weighted by atomic mass is 79.9. The predicted octanol–water partition coefficient (Wildman–Crippen LogP) is 29.2. The average Bonchev–Trinajstić information content (AvgIpc) is 2.04. The Kier molecular flexibility index (Phi) is 23.0. The Hall–Kier alpha value is -4.46. The van der Waals surface area contributed by atoms with E-state index in [-0.39, 0.29) is 0 Å². The maximum atomic E-state index is 6.44. The van der Waals surface area contributed by atoms with Crippen LogP contribution in [-0.2, 0) is 19.3 Å². The van der Waals surface area contributed by atoms with E-state index in [1.165, 1.54) is 250 Å². The molecule has 0 fully saturated rings. The molecular formula is C75H84Br2O4S5. The molecule has 0 N–H and O–H groups in total. The fraction of sp³-hybridized carbons (Fsp3) is 0.413. The number of furan rings is 4. The molecule has 452 valence electrons. The third-order valence-electron chi connectivity index (χ3n) is 17.0. The van der Waals surface area contributed by atoms with E-state index in [9.17, 15) is 0 Å². The molecule has 0 amide bonds. The van der Waals surface area contributed by atoms with E-state index in [1.54, 1.807) is 16.9 Å². The molecule has 0 unspecified atom stereocenters. The highest BCUT2D eigenvalue weighted by Gasteiger charge is 2.17. The second-order valence-corrected chi connectivity index (χ2v) is 30.6. The van der Waals surface area contributed by atoms with E-state index in [1.807, 2.05) is 57.5 Å². The molecule has 0 atom stereocenters. The molecule has 0 aliphatic rings. The lowest BCUT2D eigenvalue weighted by molar-refractivity contribution is 0.575. The van der Waals surface area contributed by atoms with Crippen LogP contribution in [0.2, 0.25) is 0 Å². The summed E-state index contributed by atoms with van der Waals surface area (Å²) in [6.45, 7) is 9.05. The van der Waals surface area contributed by atoms with Crippen molar-refractivity contribution in [3.63, 3.8) is 0 Å². The Morgan fingerprint density at radius 2 is 0.616 bits per heavy atom. The minimum atomic E-state index is 0.764. The summed E-state index contributed by atoms with van der Waals surface area (Å²) in [5, 5.41) is 16.7. The van der Waals surface area contributed by atoms with Crippen molar-refractivity contribution in [3.8, 4) is 21.3 Å². The van der Waals surface area contributed by atoms with Crippen molar-refractivity contribution in [2.24, 2.45) is 0 Å². The van der Waals surface area contributed by atoms with Crippen molar-refractivity contribution in [3.05, 3.63) is 138 Å². The molecule has 13 rings (SSSR count). The minimum absolute atomic E-state index is 0.764. The topological polar surface area (TPSA) is 52.6 Å². The van der Waals surface area contributed by atoms with Gasteiger partial charge in [-0.25, -0.2) is 0 Å². The van der Waals surface area contributed by atoms with Crippen LogP contribution in [0.3, 0.4) is 0 Å². The zero-order valence-electron chi connectivity index (χ0n) is 50.9. The number of unbranched alkanes of at least 4 members (excludes halogenated alkanes) is 21. The molecule has 0 saturated heterocycles. The Labute approximate surface area is 546 Å². The summed E-state index contributed by atoms with van der Waals surface area (Å²) < 4.78 is 30.7. The van der Waals surface area contributed by atoms with E-state index in [4.69, 9.17) is 17.7 Å². The van der Waals surface area contributed by atoms with Gasteiger partial charge in [-0.05, 0) is 201 Å². The summed E-state index contributed by atoms with van der Waals surface area (Å²) in [5.41, 5.74) is 8.21. The average molecular weight is 1370 g/mol. The van der Waals surface area contributed by atoms with E-state index < -0.39 is 0 Å². The number of fused-ring (bicyclic) bond motifs is 10. The zero-order valence-corrected chi connectivity index (χ0v) is 58.2. The van der Waals surface area contributed by atoms with Crippen LogP contribution >= 0.6 is 88.5 Å². The SMILES string of the molecule is Brc1cc2cc3c(cc2o1)sc1cc2oc(Br)cc2cc13.CCCCCCCCCCc1csc(-c2cc3cc4c(cc3o2)sc2cc3oc(-c5cc(CCCCCCCCCC)cs5)cc3cc24)c1.CCCCCCCCCCc1csc(C)c1. The summed E-state index contributed by atoms with van der Waals surface area (Å²) in [5.74, 6) is 1.98. The highest BCUT2D eigenvalue weighted by molar-refractivity contribution is 9.10. The molecule has 86 heavy (non-hydrogen) atoms. The van der Waals surface area contributed by atoms with Crippen LogP contribution in [0, 0.1) is 6.92 Å². The molecule has 0 spiro atoms. The van der Waals surface area contributed by atoms with Gasteiger partial charge in [0, 0.05) is 66.8 Å². The fourth-order valence-electron chi connectivity index (χ4n) is 12.2. The van der Waals surface area contributed by atoms with Gasteiger partial charge < -0.3 is 17.7 Å². The highest BCUT2D eigenvalue weighted by Crippen LogP contribution is 2.44. The lowest BCUT2D eigenvalue weighted by Crippen LogP contribution is -1.84. The Morgan fingerprint density at radius 3 is 0.953 bits per heavy atom. The van der Waals surface area contributed by atoms with Crippen LogP contribution in [0.5, 0.6) is 0 Å². The van der Waals surface area contributed by atoms with Crippen LogP contribution in [0.15, 0.2) is 134 Å². The number of hydrogen-bond acceptors (Lipinski definition) is 9. The van der Waals surface area contributed by atoms with Crippen LogP contribution in [0.25, 0.3) is 105 Å². The van der Waals surface area contributed by atoms with Crippen molar-refractivity contribution >= 4 is 173 Å². The van der Waals surface area contributed by atoms with Gasteiger partial charge in [-0.2, -0.15) is 0 Å². The number of benzene rings is 4. The van der Waals surface area contributed by atoms with Crippen molar-refractivity contribution in [1.82, 2.24) is 0 Å². The molecule has 11 heteroatoms. The Bertz CT molecular complexity index is 4000. The van der Waals surface area contributed by atoms with Crippen LogP contribution < -0.4 is 0 Å². The summed E-state index contributed by atoms with van der Waals surface area (Å²) in [4.78, 5) is 3.93. The maximum absolute atomic E-state index is 6.44. The molecule has 0 aliphatic carbocycles. The molecule has 9 heterocycles. The number of halogens is 2. The Balaban J connectivity index is 0.000000168. The molecule has 9 aromatic heterocycles. The van der Waals surface area contributed by atoms with Crippen molar-refractivity contribution in [2.45, 2.75) is 201 Å². The van der Waals surface area contributed by atoms with Gasteiger partial charge in [0.05, 0.1) is 9.75 Å². The first-order valence-corrected chi connectivity index (χ1v) is 38.2. The molecule has 13 aromatic rings. The third-order valence-corrected chi connectivity index (χ3v) is 22.9. The van der Waals surface area contributed by atoms with E-state index in [0.717, 1.165) is 54.0 Å². The van der Waals surface area contributed by atoms with Gasteiger partial charge in [-0.15, -0.1) is 56.7 Å². The molecule has 0 bridgehead atoms. The summed E-state index contributed by atoms with van der Waals surface area (Å²) in [6, 6.07) is 33.3. The monoisotopic (exact) mass is 1370 g/mol. The normalized spacial score (nSPS) is 11.9. The Morgan fingerprint density at radius 1 is 0.314 bits per heavy atom. The molecule has 4 aromatic carbocycles. The number of hydrogen-bond donors (Lipinski definition) is 0. The first-order chi connectivity index (χ1) is 42.2. The van der Waals surface area contributed by atoms with Crippen molar-refractivity contribution in [2.75, 3.05) is 0 Å². The number of thiophene rings is 5. The number of rotatable bonds is 29. The first kappa shape index (κ1) is 63.1. The largest absolute Gasteiger partial charge is 0.455 e. The second kappa shape index (κ2) is 31.3. The maximum Gasteiger partial charge on any atom is 0.170 e. The summed E-state index contributed by atoms with van der Waals surface area (Å²) in [6.07, 6.45) is 36.8. The summed E-state index contributed by atoms with van der Waals surface area (Å²) >= 11 is 15.9. The van der Waals surface area contributed by atoms with Gasteiger partial charge in [0.25, 0.3) is 0 Å². The van der Waals surface area contributed by atoms with E-state index in [0.29, 0.717) is 0 Å². The van der Waals surface area contributed by atoms with Gasteiger partial charge in [0.15, 0.2) is 9.34 Å². The van der Waals surface area contributed by atoms with Gasteiger partial charge >= 0.3 is 0 Å². The molecule has 4 nitrogen and oxygen atoms in total. The molecular weight excluding hydrogens is 1280 g/mol. The van der Waals surface area contributed by atoms with Crippen LogP contribution in [0.1, 0.15) is 196 Å². The van der Waals surface area contributed by atoms with Gasteiger partial charge in [0.1, 0.15) is 33.9 Å². The minimum Gasteiger partial charge on any atom is -0.455 e. The lowest BCUT2D eigenvalue weighted by atomic mass is 10.1. The standard InChI is InChI=1S/C44H52O2S3.C16H6Br2O2S.C15H26S/c1-3-5-7-9-11-13-15-17-19-31-21-43(47-29-31)39-25-33-23-35-36-24-34-26-40(46-38(34)28-42(36)49-41(35)27-37(33)45-39)44-22-32(30-48-44)20-18-16-14-12-10-8-6-4-2;17-15-3-7-1-9-10-2-8-4-16(18)20-12(8)6-14(10)21-13(9)5-11(7)19-15;1-3-4-5-6-7-8-9-10-11-15-12-14(2)16-13-15/h21-30H,3-20H2,1-2H3;1-6H;12-13H,3-11H2,1-2H3. The first-order valence-electron chi connectivity index (χ1n) is 32.4. The summed E-state index contributed by atoms with van der Waals surface area (Å²) in [7, 11) is 0. The lowest BCUT2D eigenvalue weighted by Gasteiger charge is -2.00. The van der Waals surface area contributed by atoms with Gasteiger partial charge in [-0.3, -0.25) is 0 Å². The fourth-order valence-corrected chi connectivity index (χ4v) is 17.8. The van der Waals surface area contributed by atoms with E-state index in [2.05, 4.69) is 155 Å². The molecule has 0 aliphatic heterocycles. The molecule has 0 radical (unpaired) electrons.